The second kappa shape index (κ2) is 5.01. The van der Waals surface area contributed by atoms with Gasteiger partial charge in [-0.15, -0.1) is 0 Å². The van der Waals surface area contributed by atoms with Gasteiger partial charge in [0.2, 0.25) is 0 Å². The topological polar surface area (TPSA) is 21.3 Å². The molecule has 4 atom stereocenters. The average Bonchev–Trinajstić information content (AvgIpc) is 2.94. The zero-order valence-electron chi connectivity index (χ0n) is 14.1. The van der Waals surface area contributed by atoms with Gasteiger partial charge in [-0.1, -0.05) is 39.0 Å². The standard InChI is InChI=1S/C19H29NO/c1-13(15-8-6-7-9-16(15)21-5)20-17-18(2,3)14-10-11-19(17,4)12-14/h6-9,13-14,17,20H,10-12H2,1-5H3/t13-,14?,17?,19?/m0/s1. The Labute approximate surface area is 129 Å². The van der Waals surface area contributed by atoms with Crippen molar-refractivity contribution in [3.05, 3.63) is 29.8 Å². The van der Waals surface area contributed by atoms with Crippen molar-refractivity contribution in [2.24, 2.45) is 16.7 Å². The van der Waals surface area contributed by atoms with E-state index in [1.165, 1.54) is 24.8 Å². The molecule has 2 heteroatoms. The summed E-state index contributed by atoms with van der Waals surface area (Å²) in [5.41, 5.74) is 2.12. The van der Waals surface area contributed by atoms with Crippen molar-refractivity contribution < 1.29 is 4.74 Å². The Kier molecular flexibility index (Phi) is 3.56. The lowest BCUT2D eigenvalue weighted by Gasteiger charge is -2.44. The number of fused-ring (bicyclic) bond motifs is 2. The van der Waals surface area contributed by atoms with Gasteiger partial charge in [-0.3, -0.25) is 0 Å². The molecule has 2 bridgehead atoms. The molecule has 0 aliphatic heterocycles. The lowest BCUT2D eigenvalue weighted by molar-refractivity contribution is 0.0999. The molecule has 1 aromatic rings. The predicted octanol–water partition coefficient (Wildman–Crippen LogP) is 4.56. The van der Waals surface area contributed by atoms with Gasteiger partial charge in [0.15, 0.2) is 0 Å². The Bertz CT molecular complexity index is 519. The van der Waals surface area contributed by atoms with E-state index in [2.05, 4.69) is 51.2 Å². The monoisotopic (exact) mass is 287 g/mol. The van der Waals surface area contributed by atoms with Gasteiger partial charge >= 0.3 is 0 Å². The molecule has 1 N–H and O–H groups in total. The Morgan fingerprint density at radius 3 is 2.57 bits per heavy atom. The Balaban J connectivity index is 1.83. The van der Waals surface area contributed by atoms with Crippen LogP contribution in [0.2, 0.25) is 0 Å². The molecule has 2 saturated carbocycles. The number of rotatable bonds is 4. The van der Waals surface area contributed by atoms with Gasteiger partial charge in [-0.05, 0) is 49.0 Å². The number of benzene rings is 1. The fourth-order valence-electron chi connectivity index (χ4n) is 5.08. The Morgan fingerprint density at radius 2 is 1.95 bits per heavy atom. The fraction of sp³-hybridized carbons (Fsp3) is 0.684. The summed E-state index contributed by atoms with van der Waals surface area (Å²) in [7, 11) is 1.76. The summed E-state index contributed by atoms with van der Waals surface area (Å²) in [6.07, 6.45) is 4.17. The first kappa shape index (κ1) is 14.9. The molecule has 2 aliphatic rings. The molecular weight excluding hydrogens is 258 g/mol. The molecule has 21 heavy (non-hydrogen) atoms. The predicted molar refractivity (Wildman–Crippen MR) is 87.6 cm³/mol. The molecule has 0 radical (unpaired) electrons. The van der Waals surface area contributed by atoms with E-state index in [1.807, 2.05) is 6.07 Å². The van der Waals surface area contributed by atoms with Crippen molar-refractivity contribution in [3.63, 3.8) is 0 Å². The van der Waals surface area contributed by atoms with Crippen LogP contribution in [0.1, 0.15) is 58.6 Å². The number of para-hydroxylation sites is 1. The van der Waals surface area contributed by atoms with E-state index in [0.29, 0.717) is 22.9 Å². The summed E-state index contributed by atoms with van der Waals surface area (Å²) >= 11 is 0. The Hall–Kier alpha value is -1.02. The van der Waals surface area contributed by atoms with E-state index in [9.17, 15) is 0 Å². The molecule has 2 aliphatic carbocycles. The lowest BCUT2D eigenvalue weighted by atomic mass is 9.68. The summed E-state index contributed by atoms with van der Waals surface area (Å²) in [5.74, 6) is 1.87. The van der Waals surface area contributed by atoms with Crippen LogP contribution in [0.3, 0.4) is 0 Å². The van der Waals surface area contributed by atoms with Gasteiger partial charge in [0.05, 0.1) is 7.11 Å². The van der Waals surface area contributed by atoms with Crippen LogP contribution in [0.15, 0.2) is 24.3 Å². The summed E-state index contributed by atoms with van der Waals surface area (Å²) in [5, 5.41) is 3.95. The molecule has 0 amide bonds. The second-order valence-corrected chi connectivity index (χ2v) is 7.98. The van der Waals surface area contributed by atoms with Crippen LogP contribution in [-0.2, 0) is 0 Å². The molecule has 2 fully saturated rings. The molecule has 0 heterocycles. The quantitative estimate of drug-likeness (QED) is 0.876. The minimum atomic E-state index is 0.321. The number of nitrogens with one attached hydrogen (secondary N) is 1. The van der Waals surface area contributed by atoms with Gasteiger partial charge in [-0.2, -0.15) is 0 Å². The molecule has 0 spiro atoms. The van der Waals surface area contributed by atoms with E-state index >= 15 is 0 Å². The maximum atomic E-state index is 5.53. The van der Waals surface area contributed by atoms with E-state index in [-0.39, 0.29) is 0 Å². The van der Waals surface area contributed by atoms with Crippen molar-refractivity contribution in [2.45, 2.75) is 59.0 Å². The van der Waals surface area contributed by atoms with E-state index in [1.54, 1.807) is 7.11 Å². The summed E-state index contributed by atoms with van der Waals surface area (Å²) in [4.78, 5) is 0. The molecule has 2 nitrogen and oxygen atoms in total. The highest BCUT2D eigenvalue weighted by atomic mass is 16.5. The normalized spacial score (nSPS) is 34.9. The summed E-state index contributed by atoms with van der Waals surface area (Å²) < 4.78 is 5.53. The third-order valence-corrected chi connectivity index (χ3v) is 6.29. The molecule has 0 saturated heterocycles. The maximum Gasteiger partial charge on any atom is 0.123 e. The Morgan fingerprint density at radius 1 is 1.24 bits per heavy atom. The van der Waals surface area contributed by atoms with Crippen LogP contribution in [0.25, 0.3) is 0 Å². The SMILES string of the molecule is COc1ccccc1[C@H](C)NC1C2(C)CCC(C2)C1(C)C. The van der Waals surface area contributed by atoms with Crippen molar-refractivity contribution in [1.29, 1.82) is 0 Å². The summed E-state index contributed by atoms with van der Waals surface area (Å²) in [6, 6.07) is 9.28. The first-order valence-corrected chi connectivity index (χ1v) is 8.27. The summed E-state index contributed by atoms with van der Waals surface area (Å²) in [6.45, 7) is 9.65. The third kappa shape index (κ3) is 2.28. The van der Waals surface area contributed by atoms with Crippen LogP contribution in [-0.4, -0.2) is 13.2 Å². The van der Waals surface area contributed by atoms with Gasteiger partial charge in [0.1, 0.15) is 5.75 Å². The van der Waals surface area contributed by atoms with Gasteiger partial charge in [0, 0.05) is 17.6 Å². The lowest BCUT2D eigenvalue weighted by Crippen LogP contribution is -2.51. The van der Waals surface area contributed by atoms with Gasteiger partial charge < -0.3 is 10.1 Å². The van der Waals surface area contributed by atoms with Crippen LogP contribution < -0.4 is 10.1 Å². The first-order valence-electron chi connectivity index (χ1n) is 8.27. The number of hydrogen-bond donors (Lipinski definition) is 1. The molecule has 116 valence electrons. The first-order chi connectivity index (χ1) is 9.88. The van der Waals surface area contributed by atoms with Crippen molar-refractivity contribution in [2.75, 3.05) is 7.11 Å². The highest BCUT2D eigenvalue weighted by molar-refractivity contribution is 5.35. The van der Waals surface area contributed by atoms with Crippen molar-refractivity contribution in [3.8, 4) is 5.75 Å². The largest absolute Gasteiger partial charge is 0.496 e. The molecule has 3 unspecified atom stereocenters. The van der Waals surface area contributed by atoms with E-state index in [0.717, 1.165) is 11.7 Å². The van der Waals surface area contributed by atoms with E-state index in [4.69, 9.17) is 4.74 Å². The minimum Gasteiger partial charge on any atom is -0.496 e. The third-order valence-electron chi connectivity index (χ3n) is 6.29. The van der Waals surface area contributed by atoms with Crippen LogP contribution in [0.5, 0.6) is 5.75 Å². The minimum absolute atomic E-state index is 0.321. The highest BCUT2D eigenvalue weighted by Gasteiger charge is 2.59. The fourth-order valence-corrected chi connectivity index (χ4v) is 5.08. The zero-order chi connectivity index (χ0) is 15.3. The zero-order valence-corrected chi connectivity index (χ0v) is 14.1. The van der Waals surface area contributed by atoms with E-state index < -0.39 is 0 Å². The highest BCUT2D eigenvalue weighted by Crippen LogP contribution is 2.62. The number of ether oxygens (including phenoxy) is 1. The second-order valence-electron chi connectivity index (χ2n) is 7.98. The molecule has 0 aromatic heterocycles. The van der Waals surface area contributed by atoms with Gasteiger partial charge in [-0.25, -0.2) is 0 Å². The number of hydrogen-bond acceptors (Lipinski definition) is 2. The average molecular weight is 287 g/mol. The molecule has 3 rings (SSSR count). The van der Waals surface area contributed by atoms with Crippen LogP contribution in [0, 0.1) is 16.7 Å². The van der Waals surface area contributed by atoms with Crippen LogP contribution >= 0.6 is 0 Å². The van der Waals surface area contributed by atoms with Gasteiger partial charge in [0.25, 0.3) is 0 Å². The van der Waals surface area contributed by atoms with Crippen molar-refractivity contribution in [1.82, 2.24) is 5.32 Å². The molecular formula is C19H29NO. The number of methoxy groups -OCH3 is 1. The van der Waals surface area contributed by atoms with Crippen molar-refractivity contribution >= 4 is 0 Å². The molecule has 1 aromatic carbocycles. The van der Waals surface area contributed by atoms with Crippen LogP contribution in [0.4, 0.5) is 0 Å². The maximum absolute atomic E-state index is 5.53. The smallest absolute Gasteiger partial charge is 0.123 e.